The van der Waals surface area contributed by atoms with E-state index < -0.39 is 0 Å². The number of nitrogens with zero attached hydrogens (tertiary/aromatic N) is 2. The van der Waals surface area contributed by atoms with Gasteiger partial charge in [0, 0.05) is 25.3 Å². The highest BCUT2D eigenvalue weighted by Gasteiger charge is 2.31. The van der Waals surface area contributed by atoms with Gasteiger partial charge in [0.05, 0.1) is 11.8 Å². The zero-order valence-electron chi connectivity index (χ0n) is 12.5. The molecule has 0 amide bonds. The van der Waals surface area contributed by atoms with Gasteiger partial charge in [-0.2, -0.15) is 5.10 Å². The predicted octanol–water partition coefficient (Wildman–Crippen LogP) is 1.96. The Morgan fingerprint density at radius 3 is 2.75 bits per heavy atom. The van der Waals surface area contributed by atoms with Gasteiger partial charge in [-0.05, 0) is 45.4 Å². The molecule has 1 heterocycles. The normalized spacial score (nSPS) is 23.6. The Kier molecular flexibility index (Phi) is 5.43. The Balaban J connectivity index is 1.87. The third-order valence-electron chi connectivity index (χ3n) is 4.17. The van der Waals surface area contributed by atoms with Crippen molar-refractivity contribution in [3.8, 4) is 0 Å². The van der Waals surface area contributed by atoms with Gasteiger partial charge in [-0.3, -0.25) is 16.0 Å². The largest absolute Gasteiger partial charge is 0.378 e. The lowest BCUT2D eigenvalue weighted by Crippen LogP contribution is -2.42. The second-order valence-corrected chi connectivity index (χ2v) is 6.05. The summed E-state index contributed by atoms with van der Waals surface area (Å²) in [7, 11) is 1.86. The topological polar surface area (TPSA) is 65.1 Å². The number of hydrazine groups is 1. The molecule has 0 aliphatic heterocycles. The van der Waals surface area contributed by atoms with Gasteiger partial charge >= 0.3 is 0 Å². The second kappa shape index (κ2) is 6.89. The minimum atomic E-state index is 0.239. The summed E-state index contributed by atoms with van der Waals surface area (Å²) in [6.07, 6.45) is 4.62. The Bertz CT molecular complexity index is 443. The molecule has 1 saturated carbocycles. The van der Waals surface area contributed by atoms with Crippen LogP contribution in [0.3, 0.4) is 0 Å². The highest BCUT2D eigenvalue weighted by molar-refractivity contribution is 6.30. The maximum Gasteiger partial charge on any atom is 0.130 e. The number of halogens is 1. The molecule has 1 atom stereocenters. The van der Waals surface area contributed by atoms with Crippen LogP contribution < -0.4 is 11.3 Å². The van der Waals surface area contributed by atoms with Crippen LogP contribution in [0.4, 0.5) is 0 Å². The van der Waals surface area contributed by atoms with Crippen LogP contribution in [0.5, 0.6) is 0 Å². The van der Waals surface area contributed by atoms with Gasteiger partial charge in [0.25, 0.3) is 0 Å². The number of nitrogens with one attached hydrogen (secondary N) is 1. The van der Waals surface area contributed by atoms with Gasteiger partial charge < -0.3 is 4.74 Å². The first-order valence-corrected chi connectivity index (χ1v) is 7.68. The summed E-state index contributed by atoms with van der Waals surface area (Å²) in [5, 5.41) is 5.06. The molecule has 5 nitrogen and oxygen atoms in total. The summed E-state index contributed by atoms with van der Waals surface area (Å²) in [4.78, 5) is 0. The summed E-state index contributed by atoms with van der Waals surface area (Å²) in [5.41, 5.74) is 5.00. The quantitative estimate of drug-likeness (QED) is 0.597. The zero-order valence-corrected chi connectivity index (χ0v) is 13.3. The number of hydrogen-bond acceptors (Lipinski definition) is 4. The standard InChI is InChI=1S/C14H25ClN4O/c1-4-20-12-6-10(7-12)5-11(17-16)8-13-9(2)18-19(3)14(13)15/h10-12,17H,4-8,16H2,1-3H3. The van der Waals surface area contributed by atoms with Crippen molar-refractivity contribution in [3.63, 3.8) is 0 Å². The van der Waals surface area contributed by atoms with Crippen molar-refractivity contribution in [1.29, 1.82) is 0 Å². The maximum absolute atomic E-state index is 6.28. The van der Waals surface area contributed by atoms with Gasteiger partial charge in [0.1, 0.15) is 5.15 Å². The molecule has 0 radical (unpaired) electrons. The first kappa shape index (κ1) is 15.8. The van der Waals surface area contributed by atoms with E-state index >= 15 is 0 Å². The van der Waals surface area contributed by atoms with Gasteiger partial charge in [0.15, 0.2) is 0 Å². The molecule has 0 spiro atoms. The van der Waals surface area contributed by atoms with Crippen molar-refractivity contribution < 1.29 is 4.74 Å². The van der Waals surface area contributed by atoms with Crippen LogP contribution in [0.2, 0.25) is 5.15 Å². The van der Waals surface area contributed by atoms with Gasteiger partial charge in [0.2, 0.25) is 0 Å². The highest BCUT2D eigenvalue weighted by Crippen LogP contribution is 2.34. The number of aromatic nitrogens is 2. The molecule has 0 saturated heterocycles. The molecule has 20 heavy (non-hydrogen) atoms. The van der Waals surface area contributed by atoms with Crippen molar-refractivity contribution in [3.05, 3.63) is 16.4 Å². The molecular weight excluding hydrogens is 276 g/mol. The molecule has 3 N–H and O–H groups in total. The summed E-state index contributed by atoms with van der Waals surface area (Å²) >= 11 is 6.28. The first-order chi connectivity index (χ1) is 9.55. The van der Waals surface area contributed by atoms with Crippen LogP contribution in [0, 0.1) is 12.8 Å². The van der Waals surface area contributed by atoms with Crippen molar-refractivity contribution >= 4 is 11.6 Å². The van der Waals surface area contributed by atoms with Crippen LogP contribution in [0.15, 0.2) is 0 Å². The fourth-order valence-electron chi connectivity index (χ4n) is 3.00. The third kappa shape index (κ3) is 3.52. The Labute approximate surface area is 125 Å². The van der Waals surface area contributed by atoms with Crippen molar-refractivity contribution in [2.24, 2.45) is 18.8 Å². The van der Waals surface area contributed by atoms with Gasteiger partial charge in [-0.1, -0.05) is 11.6 Å². The molecule has 1 aromatic heterocycles. The van der Waals surface area contributed by atoms with E-state index in [0.29, 0.717) is 17.2 Å². The molecule has 114 valence electrons. The molecule has 0 aromatic carbocycles. The Hall–Kier alpha value is -0.620. The Morgan fingerprint density at radius 1 is 1.55 bits per heavy atom. The summed E-state index contributed by atoms with van der Waals surface area (Å²) in [6, 6.07) is 0.239. The number of aryl methyl sites for hydroxylation is 2. The fraction of sp³-hybridized carbons (Fsp3) is 0.786. The Morgan fingerprint density at radius 2 is 2.25 bits per heavy atom. The predicted molar refractivity (Wildman–Crippen MR) is 80.5 cm³/mol. The van der Waals surface area contributed by atoms with Crippen LogP contribution in [-0.2, 0) is 18.2 Å². The molecule has 0 bridgehead atoms. The first-order valence-electron chi connectivity index (χ1n) is 7.30. The zero-order chi connectivity index (χ0) is 14.7. The SMILES string of the molecule is CCOC1CC(CC(Cc2c(C)nn(C)c2Cl)NN)C1. The lowest BCUT2D eigenvalue weighted by atomic mass is 9.77. The van der Waals surface area contributed by atoms with Crippen molar-refractivity contribution in [1.82, 2.24) is 15.2 Å². The van der Waals surface area contributed by atoms with Crippen molar-refractivity contribution in [2.75, 3.05) is 6.61 Å². The number of ether oxygens (including phenoxy) is 1. The molecule has 1 aliphatic rings. The van der Waals surface area contributed by atoms with Gasteiger partial charge in [-0.15, -0.1) is 0 Å². The van der Waals surface area contributed by atoms with Crippen molar-refractivity contribution in [2.45, 2.75) is 51.7 Å². The lowest BCUT2D eigenvalue weighted by Gasteiger charge is -2.36. The third-order valence-corrected chi connectivity index (χ3v) is 4.64. The molecule has 1 fully saturated rings. The summed E-state index contributed by atoms with van der Waals surface area (Å²) < 4.78 is 7.31. The summed E-state index contributed by atoms with van der Waals surface area (Å²) in [5.74, 6) is 6.39. The van der Waals surface area contributed by atoms with E-state index in [1.54, 1.807) is 4.68 Å². The minimum Gasteiger partial charge on any atom is -0.378 e. The van der Waals surface area contributed by atoms with E-state index in [1.165, 1.54) is 0 Å². The molecule has 1 aliphatic carbocycles. The van der Waals surface area contributed by atoms with Crippen LogP contribution in [-0.4, -0.2) is 28.5 Å². The molecule has 1 aromatic rings. The van der Waals surface area contributed by atoms with Crippen LogP contribution >= 0.6 is 11.6 Å². The smallest absolute Gasteiger partial charge is 0.130 e. The fourth-order valence-corrected chi connectivity index (χ4v) is 3.26. The van der Waals surface area contributed by atoms with Gasteiger partial charge in [-0.25, -0.2) is 0 Å². The monoisotopic (exact) mass is 300 g/mol. The van der Waals surface area contributed by atoms with E-state index in [-0.39, 0.29) is 6.04 Å². The summed E-state index contributed by atoms with van der Waals surface area (Å²) in [6.45, 7) is 4.84. The minimum absolute atomic E-state index is 0.239. The van der Waals surface area contributed by atoms with E-state index in [1.807, 2.05) is 20.9 Å². The van der Waals surface area contributed by atoms with E-state index in [9.17, 15) is 0 Å². The lowest BCUT2D eigenvalue weighted by molar-refractivity contribution is -0.0290. The molecule has 1 unspecified atom stereocenters. The molecule has 6 heteroatoms. The van der Waals surface area contributed by atoms with E-state index in [0.717, 1.165) is 43.5 Å². The number of nitrogens with two attached hydrogens (primary N) is 1. The van der Waals surface area contributed by atoms with Crippen LogP contribution in [0.1, 0.15) is 37.4 Å². The molecule has 2 rings (SSSR count). The highest BCUT2D eigenvalue weighted by atomic mass is 35.5. The average molecular weight is 301 g/mol. The number of rotatable bonds is 7. The second-order valence-electron chi connectivity index (χ2n) is 5.70. The van der Waals surface area contributed by atoms with E-state index in [4.69, 9.17) is 22.2 Å². The van der Waals surface area contributed by atoms with Crippen LogP contribution in [0.25, 0.3) is 0 Å². The van der Waals surface area contributed by atoms with E-state index in [2.05, 4.69) is 10.5 Å². The maximum atomic E-state index is 6.28. The average Bonchev–Trinajstić information content (AvgIpc) is 2.61. The number of hydrogen-bond donors (Lipinski definition) is 2. The molecular formula is C14H25ClN4O.